The Morgan fingerprint density at radius 3 is 2.20 bits per heavy atom. The highest BCUT2D eigenvalue weighted by atomic mass is 32.1. The summed E-state index contributed by atoms with van der Waals surface area (Å²) >= 11 is 4.33. The molecule has 0 aromatic rings. The third kappa shape index (κ3) is 4.03. The van der Waals surface area contributed by atoms with Gasteiger partial charge in [0.1, 0.15) is 0 Å². The molecule has 0 unspecified atom stereocenters. The minimum atomic E-state index is -0.919. The average molecular weight is 160 g/mol. The monoisotopic (exact) mass is 160 g/mol. The van der Waals surface area contributed by atoms with Gasteiger partial charge in [-0.1, -0.05) is 6.58 Å². The topological polar surface area (TPSA) is 57.5 Å². The molecule has 0 saturated heterocycles. The first-order chi connectivity index (χ1) is 4.54. The van der Waals surface area contributed by atoms with E-state index in [0.29, 0.717) is 5.57 Å². The van der Waals surface area contributed by atoms with Crippen LogP contribution in [0.4, 0.5) is 0 Å². The van der Waals surface area contributed by atoms with Crippen molar-refractivity contribution in [3.8, 4) is 0 Å². The molecule has 0 radical (unpaired) electrons. The van der Waals surface area contributed by atoms with Crippen molar-refractivity contribution in [3.05, 3.63) is 12.2 Å². The van der Waals surface area contributed by atoms with Crippen LogP contribution in [0.2, 0.25) is 0 Å². The Bertz CT molecular complexity index is 174. The average Bonchev–Trinajstić information content (AvgIpc) is 1.82. The van der Waals surface area contributed by atoms with E-state index in [4.69, 9.17) is 10.2 Å². The summed E-state index contributed by atoms with van der Waals surface area (Å²) in [4.78, 5) is 9.96. The van der Waals surface area contributed by atoms with Crippen molar-refractivity contribution in [2.75, 3.05) is 0 Å². The largest absolute Gasteiger partial charge is 0.499 e. The van der Waals surface area contributed by atoms with E-state index in [1.807, 2.05) is 0 Å². The molecule has 0 bridgehead atoms. The maximum Gasteiger partial charge on any atom is 0.303 e. The van der Waals surface area contributed by atoms with Crippen molar-refractivity contribution >= 4 is 23.2 Å². The second-order valence-electron chi connectivity index (χ2n) is 1.80. The van der Waals surface area contributed by atoms with E-state index in [0.717, 1.165) is 0 Å². The van der Waals surface area contributed by atoms with E-state index in [1.54, 1.807) is 0 Å². The third-order valence-electron chi connectivity index (χ3n) is 0.943. The highest BCUT2D eigenvalue weighted by Crippen LogP contribution is 2.02. The molecule has 56 valence electrons. The van der Waals surface area contributed by atoms with Crippen molar-refractivity contribution in [2.45, 2.75) is 12.8 Å². The highest BCUT2D eigenvalue weighted by Gasteiger charge is 2.02. The van der Waals surface area contributed by atoms with E-state index in [1.165, 1.54) is 0 Å². The number of carbonyl (C=O) groups is 1. The van der Waals surface area contributed by atoms with Gasteiger partial charge < -0.3 is 10.2 Å². The first kappa shape index (κ1) is 9.10. The normalized spacial score (nSPS) is 8.80. The number of thiocarbonyl (C=S) groups is 1. The summed E-state index contributed by atoms with van der Waals surface area (Å²) in [6, 6.07) is 0. The Morgan fingerprint density at radius 2 is 1.90 bits per heavy atom. The molecule has 0 fully saturated rings. The van der Waals surface area contributed by atoms with Crippen LogP contribution in [0.15, 0.2) is 12.2 Å². The summed E-state index contributed by atoms with van der Waals surface area (Å²) in [6.07, 6.45) is 0.171. The number of aliphatic hydroxyl groups is 1. The summed E-state index contributed by atoms with van der Waals surface area (Å²) < 4.78 is 0. The maximum atomic E-state index is 9.96. The first-order valence-corrected chi connectivity index (χ1v) is 3.07. The van der Waals surface area contributed by atoms with Crippen LogP contribution in [0.25, 0.3) is 0 Å². The van der Waals surface area contributed by atoms with Crippen LogP contribution < -0.4 is 0 Å². The molecule has 0 spiro atoms. The van der Waals surface area contributed by atoms with Gasteiger partial charge in [0.2, 0.25) is 0 Å². The SMILES string of the molecule is C=C(CCC(=O)O)C(O)=S. The smallest absolute Gasteiger partial charge is 0.303 e. The van der Waals surface area contributed by atoms with Crippen molar-refractivity contribution in [3.63, 3.8) is 0 Å². The molecule has 0 saturated carbocycles. The molecule has 0 atom stereocenters. The van der Waals surface area contributed by atoms with Gasteiger partial charge in [-0.25, -0.2) is 0 Å². The second kappa shape index (κ2) is 4.00. The van der Waals surface area contributed by atoms with E-state index in [2.05, 4.69) is 18.8 Å². The Hall–Kier alpha value is -0.900. The highest BCUT2D eigenvalue weighted by molar-refractivity contribution is 7.80. The zero-order chi connectivity index (χ0) is 8.15. The van der Waals surface area contributed by atoms with Crippen molar-refractivity contribution in [1.29, 1.82) is 0 Å². The third-order valence-corrected chi connectivity index (χ3v) is 1.23. The van der Waals surface area contributed by atoms with Gasteiger partial charge in [-0.05, 0) is 24.2 Å². The Labute approximate surface area is 64.0 Å². The van der Waals surface area contributed by atoms with Gasteiger partial charge >= 0.3 is 5.97 Å². The number of carboxylic acid groups (broad SMARTS) is 1. The molecule has 0 aliphatic rings. The van der Waals surface area contributed by atoms with Gasteiger partial charge in [0.15, 0.2) is 5.05 Å². The van der Waals surface area contributed by atoms with Crippen molar-refractivity contribution in [2.24, 2.45) is 0 Å². The van der Waals surface area contributed by atoms with Crippen molar-refractivity contribution in [1.82, 2.24) is 0 Å². The van der Waals surface area contributed by atoms with Gasteiger partial charge in [-0.15, -0.1) is 0 Å². The molecular weight excluding hydrogens is 152 g/mol. The quantitative estimate of drug-likeness (QED) is 0.480. The lowest BCUT2D eigenvalue weighted by Crippen LogP contribution is -2.00. The molecule has 0 aromatic carbocycles. The molecule has 2 N–H and O–H groups in total. The Kier molecular flexibility index (Phi) is 3.64. The standard InChI is InChI=1S/C6H8O3S/c1-4(6(9)10)2-3-5(7)8/h1-3H2,(H,7,8)(H,9,10). The fourth-order valence-electron chi connectivity index (χ4n) is 0.365. The number of carboxylic acids is 1. The minimum absolute atomic E-state index is 0.0421. The fourth-order valence-corrected chi connectivity index (χ4v) is 0.467. The van der Waals surface area contributed by atoms with Gasteiger partial charge in [-0.3, -0.25) is 4.79 Å². The summed E-state index contributed by atoms with van der Waals surface area (Å²) in [6.45, 7) is 3.37. The molecule has 3 nitrogen and oxygen atoms in total. The molecule has 4 heteroatoms. The fraction of sp³-hybridized carbons (Fsp3) is 0.333. The van der Waals surface area contributed by atoms with E-state index >= 15 is 0 Å². The van der Waals surface area contributed by atoms with E-state index < -0.39 is 5.97 Å². The van der Waals surface area contributed by atoms with Gasteiger partial charge in [0.25, 0.3) is 0 Å². The summed E-state index contributed by atoms with van der Waals surface area (Å²) in [5.41, 5.74) is 0.303. The molecule has 0 amide bonds. The zero-order valence-corrected chi connectivity index (χ0v) is 6.15. The van der Waals surface area contributed by atoms with E-state index in [-0.39, 0.29) is 17.9 Å². The second-order valence-corrected chi connectivity index (χ2v) is 2.19. The van der Waals surface area contributed by atoms with E-state index in [9.17, 15) is 4.79 Å². The van der Waals surface area contributed by atoms with Crippen LogP contribution in [0, 0.1) is 0 Å². The van der Waals surface area contributed by atoms with Crippen LogP contribution in [0.1, 0.15) is 12.8 Å². The molecule has 0 heterocycles. The summed E-state index contributed by atoms with van der Waals surface area (Å²) in [7, 11) is 0. The van der Waals surface area contributed by atoms with Crippen molar-refractivity contribution < 1.29 is 15.0 Å². The van der Waals surface area contributed by atoms with Gasteiger partial charge in [0, 0.05) is 6.42 Å². The molecule has 0 aliphatic carbocycles. The maximum absolute atomic E-state index is 9.96. The lowest BCUT2D eigenvalue weighted by molar-refractivity contribution is -0.136. The number of hydrogen-bond donors (Lipinski definition) is 2. The number of rotatable bonds is 4. The predicted octanol–water partition coefficient (Wildman–Crippen LogP) is 1.29. The van der Waals surface area contributed by atoms with Crippen LogP contribution >= 0.6 is 12.2 Å². The Morgan fingerprint density at radius 1 is 1.40 bits per heavy atom. The number of hydrogen-bond acceptors (Lipinski definition) is 2. The zero-order valence-electron chi connectivity index (χ0n) is 5.33. The predicted molar refractivity (Wildman–Crippen MR) is 41.2 cm³/mol. The summed E-state index contributed by atoms with van der Waals surface area (Å²) in [5.74, 6) is -0.919. The van der Waals surface area contributed by atoms with Gasteiger partial charge in [0.05, 0.1) is 0 Å². The van der Waals surface area contributed by atoms with Gasteiger partial charge in [-0.2, -0.15) is 0 Å². The molecule has 10 heavy (non-hydrogen) atoms. The minimum Gasteiger partial charge on any atom is -0.499 e. The lowest BCUT2D eigenvalue weighted by atomic mass is 10.2. The molecule has 0 aliphatic heterocycles. The van der Waals surface area contributed by atoms with Crippen LogP contribution in [-0.2, 0) is 4.79 Å². The number of aliphatic hydroxyl groups excluding tert-OH is 1. The van der Waals surface area contributed by atoms with Crippen LogP contribution in [0.3, 0.4) is 0 Å². The number of aliphatic carboxylic acids is 1. The first-order valence-electron chi connectivity index (χ1n) is 2.67. The van der Waals surface area contributed by atoms with Crippen LogP contribution in [0.5, 0.6) is 0 Å². The molecule has 0 rings (SSSR count). The molecule has 0 aromatic heterocycles. The lowest BCUT2D eigenvalue weighted by Gasteiger charge is -1.96. The molecular formula is C6H8O3S. The Balaban J connectivity index is 3.60. The van der Waals surface area contributed by atoms with Crippen LogP contribution in [-0.4, -0.2) is 21.2 Å². The summed E-state index contributed by atoms with van der Waals surface area (Å²) in [5, 5.41) is 16.4.